The molecule has 0 spiro atoms. The van der Waals surface area contributed by atoms with Crippen LogP contribution in [0, 0.1) is 0 Å². The lowest BCUT2D eigenvalue weighted by Crippen LogP contribution is -2.29. The van der Waals surface area contributed by atoms with Gasteiger partial charge in [-0.1, -0.05) is 24.3 Å². The molecule has 1 atom stereocenters. The van der Waals surface area contributed by atoms with Gasteiger partial charge >= 0.3 is 0 Å². The monoisotopic (exact) mass is 278 g/mol. The van der Waals surface area contributed by atoms with Crippen molar-refractivity contribution in [3.8, 4) is 0 Å². The Balaban J connectivity index is 2.71. The fourth-order valence-corrected chi connectivity index (χ4v) is 1.50. The molecule has 1 heterocycles. The predicted octanol–water partition coefficient (Wildman–Crippen LogP) is 1.39. The first kappa shape index (κ1) is 15.8. The lowest BCUT2D eigenvalue weighted by molar-refractivity contribution is 0.404. The van der Waals surface area contributed by atoms with Crippen molar-refractivity contribution in [2.24, 2.45) is 4.99 Å². The summed E-state index contributed by atoms with van der Waals surface area (Å²) in [7, 11) is 0. The molecule has 0 aliphatic carbocycles. The number of nitrogens with one attached hydrogen (secondary N) is 2. The van der Waals surface area contributed by atoms with Crippen LogP contribution in [0.2, 0.25) is 0 Å². The van der Waals surface area contributed by atoms with Crippen LogP contribution in [0.5, 0.6) is 0 Å². The highest BCUT2D eigenvalue weighted by Gasteiger charge is 2.03. The van der Waals surface area contributed by atoms with Crippen LogP contribution >= 0.6 is 0 Å². The zero-order valence-electron chi connectivity index (χ0n) is 11.3. The Kier molecular flexibility index (Phi) is 6.99. The third kappa shape index (κ3) is 5.19. The van der Waals surface area contributed by atoms with Gasteiger partial charge in [0.25, 0.3) is 5.56 Å². The molecule has 0 saturated heterocycles. The molecule has 4 N–H and O–H groups in total. The Labute approximate surface area is 117 Å². The molecule has 0 fully saturated rings. The zero-order valence-corrected chi connectivity index (χ0v) is 11.3. The van der Waals surface area contributed by atoms with Crippen LogP contribution in [0.3, 0.4) is 0 Å². The first-order valence-electron chi connectivity index (χ1n) is 6.25. The standard InChI is InChI=1S/C14H19FN4O/c1-2-3-4-5-11(19-10-15)8-17-9-12-13(16)6-7-18-14(12)20/h2-7,9,11,19H,8,10H2,1H3,(H3,16,18,20)/b3-2+,5-4-,17-9?. The lowest BCUT2D eigenvalue weighted by Gasteiger charge is -2.08. The van der Waals surface area contributed by atoms with Gasteiger partial charge < -0.3 is 10.7 Å². The molecular formula is C14H19FN4O. The molecule has 0 aromatic carbocycles. The number of nitrogens with two attached hydrogens (primary N) is 1. The number of anilines is 1. The third-order valence-electron chi connectivity index (χ3n) is 2.54. The molecule has 1 unspecified atom stereocenters. The molecule has 6 heteroatoms. The number of hydrogen-bond donors (Lipinski definition) is 3. The van der Waals surface area contributed by atoms with E-state index in [-0.39, 0.29) is 11.6 Å². The van der Waals surface area contributed by atoms with Gasteiger partial charge in [0, 0.05) is 24.1 Å². The summed E-state index contributed by atoms with van der Waals surface area (Å²) in [5, 5.41) is 2.64. The smallest absolute Gasteiger partial charge is 0.258 e. The van der Waals surface area contributed by atoms with Gasteiger partial charge in [0.2, 0.25) is 0 Å². The van der Waals surface area contributed by atoms with Crippen molar-refractivity contribution in [1.82, 2.24) is 10.3 Å². The average molecular weight is 278 g/mol. The van der Waals surface area contributed by atoms with Crippen molar-refractivity contribution in [3.63, 3.8) is 0 Å². The van der Waals surface area contributed by atoms with Gasteiger partial charge in [0.05, 0.1) is 12.1 Å². The minimum Gasteiger partial charge on any atom is -0.398 e. The highest BCUT2D eigenvalue weighted by atomic mass is 19.1. The van der Waals surface area contributed by atoms with Gasteiger partial charge in [-0.3, -0.25) is 15.1 Å². The van der Waals surface area contributed by atoms with Crippen LogP contribution in [0.25, 0.3) is 0 Å². The van der Waals surface area contributed by atoms with Crippen molar-refractivity contribution in [3.05, 3.63) is 52.5 Å². The Morgan fingerprint density at radius 3 is 3.00 bits per heavy atom. The summed E-state index contributed by atoms with van der Waals surface area (Å²) in [6.45, 7) is 1.56. The second kappa shape index (κ2) is 8.82. The van der Waals surface area contributed by atoms with E-state index in [2.05, 4.69) is 15.3 Å². The third-order valence-corrected chi connectivity index (χ3v) is 2.54. The minimum absolute atomic E-state index is 0.239. The predicted molar refractivity (Wildman–Crippen MR) is 80.8 cm³/mol. The molecule has 0 radical (unpaired) electrons. The molecule has 0 aliphatic heterocycles. The van der Waals surface area contributed by atoms with Crippen LogP contribution in [-0.4, -0.2) is 30.6 Å². The van der Waals surface area contributed by atoms with E-state index in [1.165, 1.54) is 12.4 Å². The molecule has 5 nitrogen and oxygen atoms in total. The zero-order chi connectivity index (χ0) is 14.8. The number of halogens is 1. The Hall–Kier alpha value is -2.21. The molecule has 20 heavy (non-hydrogen) atoms. The van der Waals surface area contributed by atoms with Crippen molar-refractivity contribution in [2.45, 2.75) is 13.0 Å². The van der Waals surface area contributed by atoms with E-state index in [9.17, 15) is 9.18 Å². The number of alkyl halides is 1. The summed E-state index contributed by atoms with van der Waals surface area (Å²) in [6, 6.07) is 1.35. The summed E-state index contributed by atoms with van der Waals surface area (Å²) < 4.78 is 12.3. The van der Waals surface area contributed by atoms with Crippen molar-refractivity contribution < 1.29 is 4.39 Å². The van der Waals surface area contributed by atoms with Gasteiger partial charge in [0.1, 0.15) is 6.80 Å². The van der Waals surface area contributed by atoms with Gasteiger partial charge in [-0.15, -0.1) is 0 Å². The number of hydrogen-bond acceptors (Lipinski definition) is 4. The molecule has 108 valence electrons. The summed E-state index contributed by atoms with van der Waals surface area (Å²) in [5.41, 5.74) is 6.05. The summed E-state index contributed by atoms with van der Waals surface area (Å²) in [6.07, 6.45) is 10.2. The quantitative estimate of drug-likeness (QED) is 0.400. The van der Waals surface area contributed by atoms with E-state index in [1.54, 1.807) is 12.1 Å². The number of nitrogen functional groups attached to an aromatic ring is 1. The molecule has 1 aromatic rings. The molecule has 0 saturated carbocycles. The maximum absolute atomic E-state index is 12.3. The van der Waals surface area contributed by atoms with Crippen LogP contribution in [0.15, 0.2) is 46.4 Å². The van der Waals surface area contributed by atoms with Crippen molar-refractivity contribution >= 4 is 11.9 Å². The normalized spacial score (nSPS) is 13.7. The molecule has 0 amide bonds. The van der Waals surface area contributed by atoms with E-state index in [0.29, 0.717) is 17.8 Å². The topological polar surface area (TPSA) is 83.3 Å². The fourth-order valence-electron chi connectivity index (χ4n) is 1.50. The number of H-pyrrole nitrogens is 1. The summed E-state index contributed by atoms with van der Waals surface area (Å²) in [4.78, 5) is 18.2. The summed E-state index contributed by atoms with van der Waals surface area (Å²) in [5.74, 6) is 0. The lowest BCUT2D eigenvalue weighted by atomic mass is 10.2. The maximum atomic E-state index is 12.3. The number of rotatable bonds is 7. The first-order valence-corrected chi connectivity index (χ1v) is 6.25. The van der Waals surface area contributed by atoms with Gasteiger partial charge in [-0.2, -0.15) is 0 Å². The number of pyridine rings is 1. The average Bonchev–Trinajstić information content (AvgIpc) is 2.42. The molecular weight excluding hydrogens is 259 g/mol. The van der Waals surface area contributed by atoms with E-state index >= 15 is 0 Å². The second-order valence-electron chi connectivity index (χ2n) is 4.02. The van der Waals surface area contributed by atoms with E-state index in [4.69, 9.17) is 5.73 Å². The maximum Gasteiger partial charge on any atom is 0.258 e. The van der Waals surface area contributed by atoms with Gasteiger partial charge in [0.15, 0.2) is 0 Å². The van der Waals surface area contributed by atoms with E-state index < -0.39 is 6.80 Å². The molecule has 0 bridgehead atoms. The first-order chi connectivity index (χ1) is 9.69. The van der Waals surface area contributed by atoms with Crippen LogP contribution in [-0.2, 0) is 0 Å². The largest absolute Gasteiger partial charge is 0.398 e. The molecule has 0 aliphatic rings. The molecule has 1 rings (SSSR count). The highest BCUT2D eigenvalue weighted by Crippen LogP contribution is 2.01. The Morgan fingerprint density at radius 2 is 2.35 bits per heavy atom. The van der Waals surface area contributed by atoms with Gasteiger partial charge in [-0.25, -0.2) is 4.39 Å². The van der Waals surface area contributed by atoms with Crippen molar-refractivity contribution in [2.75, 3.05) is 19.1 Å². The highest BCUT2D eigenvalue weighted by molar-refractivity contribution is 5.86. The Morgan fingerprint density at radius 1 is 1.55 bits per heavy atom. The number of aromatic nitrogens is 1. The van der Waals surface area contributed by atoms with Crippen molar-refractivity contribution in [1.29, 1.82) is 0 Å². The number of aromatic amines is 1. The van der Waals surface area contributed by atoms with Crippen LogP contribution in [0.4, 0.5) is 10.1 Å². The van der Waals surface area contributed by atoms with Gasteiger partial charge in [-0.05, 0) is 13.0 Å². The fraction of sp³-hybridized carbons (Fsp3) is 0.286. The Bertz CT molecular complexity index is 548. The van der Waals surface area contributed by atoms with E-state index in [1.807, 2.05) is 25.2 Å². The van der Waals surface area contributed by atoms with Crippen LogP contribution in [0.1, 0.15) is 12.5 Å². The number of nitrogens with zero attached hydrogens (tertiary/aromatic N) is 1. The number of allylic oxidation sites excluding steroid dienone is 3. The minimum atomic E-state index is -0.644. The molecule has 1 aromatic heterocycles. The SMILES string of the molecule is C/C=C/C=C\C(CN=Cc1c(N)cc[nH]c1=O)NCF. The summed E-state index contributed by atoms with van der Waals surface area (Å²) >= 11 is 0. The number of aliphatic imine (C=N–C) groups is 1. The van der Waals surface area contributed by atoms with Crippen LogP contribution < -0.4 is 16.6 Å². The van der Waals surface area contributed by atoms with E-state index in [0.717, 1.165) is 0 Å². The second-order valence-corrected chi connectivity index (χ2v) is 4.02.